The summed E-state index contributed by atoms with van der Waals surface area (Å²) in [6.07, 6.45) is 10.4. The van der Waals surface area contributed by atoms with Gasteiger partial charge in [0.1, 0.15) is 18.1 Å². The van der Waals surface area contributed by atoms with E-state index in [1.54, 1.807) is 12.3 Å². The zero-order valence-corrected chi connectivity index (χ0v) is 20.3. The molecule has 0 spiro atoms. The quantitative estimate of drug-likeness (QED) is 0.511. The van der Waals surface area contributed by atoms with Gasteiger partial charge in [0.15, 0.2) is 5.65 Å². The Labute approximate surface area is 212 Å². The molecule has 6 rings (SSSR count). The third kappa shape index (κ3) is 4.68. The van der Waals surface area contributed by atoms with Crippen molar-refractivity contribution in [1.29, 1.82) is 0 Å². The lowest BCUT2D eigenvalue weighted by Gasteiger charge is -2.32. The number of hydrogen-bond donors (Lipinski definition) is 1. The molecule has 2 saturated heterocycles. The van der Waals surface area contributed by atoms with E-state index in [0.29, 0.717) is 18.9 Å². The number of pyridine rings is 1. The minimum atomic E-state index is -2.89. The lowest BCUT2D eigenvalue weighted by atomic mass is 9.92. The molecule has 3 fully saturated rings. The molecule has 0 bridgehead atoms. The molecule has 9 nitrogen and oxygen atoms in total. The van der Waals surface area contributed by atoms with Crippen LogP contribution in [-0.4, -0.2) is 74.7 Å². The summed E-state index contributed by atoms with van der Waals surface area (Å²) < 4.78 is 33.4. The fraction of sp³-hybridized carbons (Fsp3) is 0.500. The predicted octanol–water partition coefficient (Wildman–Crippen LogP) is 3.41. The molecular formula is C26H27F2N7O2. The van der Waals surface area contributed by atoms with Crippen molar-refractivity contribution in [1.82, 2.24) is 30.0 Å². The Kier molecular flexibility index (Phi) is 5.70. The first-order valence-electron chi connectivity index (χ1n) is 12.6. The van der Waals surface area contributed by atoms with Crippen molar-refractivity contribution in [2.75, 3.05) is 37.7 Å². The molecular weight excluding hydrogens is 480 g/mol. The standard InChI is InChI=1S/C26H27F2N7O2/c1-2-25(7-8-25)16-37-24-30-19(23(36)35-13-9-26(27,28)15-35)14-20(31-24)34-11-5-17(6-12-34)21-18-4-3-10-29-22(18)33-32-21/h1,3-4,10,14,17H,5-9,11-13,15-16H2,(H,29,32,33). The monoisotopic (exact) mass is 507 g/mol. The number of aromatic amines is 1. The van der Waals surface area contributed by atoms with E-state index >= 15 is 0 Å². The van der Waals surface area contributed by atoms with Crippen molar-refractivity contribution in [2.24, 2.45) is 5.41 Å². The molecule has 3 aromatic rings. The van der Waals surface area contributed by atoms with Gasteiger partial charge in [0, 0.05) is 49.6 Å². The van der Waals surface area contributed by atoms with Crippen LogP contribution < -0.4 is 9.64 Å². The minimum absolute atomic E-state index is 0.0144. The summed E-state index contributed by atoms with van der Waals surface area (Å²) in [7, 11) is 0. The van der Waals surface area contributed by atoms with Gasteiger partial charge in [0.2, 0.25) is 0 Å². The number of hydrogen-bond acceptors (Lipinski definition) is 7. The van der Waals surface area contributed by atoms with Gasteiger partial charge in [-0.05, 0) is 37.8 Å². The number of nitrogens with zero attached hydrogens (tertiary/aromatic N) is 6. The molecule has 1 amide bonds. The van der Waals surface area contributed by atoms with Crippen LogP contribution in [0.4, 0.5) is 14.6 Å². The Bertz CT molecular complexity index is 1370. The molecule has 0 aromatic carbocycles. The number of amides is 1. The van der Waals surface area contributed by atoms with Gasteiger partial charge >= 0.3 is 6.01 Å². The molecule has 2 aliphatic heterocycles. The van der Waals surface area contributed by atoms with Crippen LogP contribution in [0.5, 0.6) is 6.01 Å². The number of alkyl halides is 2. The van der Waals surface area contributed by atoms with Crippen molar-refractivity contribution in [3.8, 4) is 18.4 Å². The van der Waals surface area contributed by atoms with Crippen LogP contribution in [0.2, 0.25) is 0 Å². The highest BCUT2D eigenvalue weighted by Crippen LogP contribution is 2.45. The molecule has 0 atom stereocenters. The minimum Gasteiger partial charge on any atom is -0.462 e. The topological polar surface area (TPSA) is 100 Å². The number of anilines is 1. The molecule has 0 unspecified atom stereocenters. The highest BCUT2D eigenvalue weighted by molar-refractivity contribution is 5.93. The summed E-state index contributed by atoms with van der Waals surface area (Å²) in [5.74, 6) is 0.121. The van der Waals surface area contributed by atoms with Gasteiger partial charge in [-0.25, -0.2) is 13.8 Å². The normalized spacial score (nSPS) is 20.7. The summed E-state index contributed by atoms with van der Waals surface area (Å²) in [6, 6.07) is 5.54. The van der Waals surface area contributed by atoms with Crippen molar-refractivity contribution >= 4 is 22.8 Å². The first kappa shape index (κ1) is 23.6. The van der Waals surface area contributed by atoms with Crippen LogP contribution in [0.15, 0.2) is 24.4 Å². The molecule has 3 aromatic heterocycles. The Balaban J connectivity index is 1.22. The fourth-order valence-electron chi connectivity index (χ4n) is 5.07. The molecule has 192 valence electrons. The third-order valence-electron chi connectivity index (χ3n) is 7.58. The number of fused-ring (bicyclic) bond motifs is 1. The van der Waals surface area contributed by atoms with Crippen LogP contribution in [-0.2, 0) is 0 Å². The Hall–Kier alpha value is -3.81. The average molecular weight is 508 g/mol. The smallest absolute Gasteiger partial charge is 0.319 e. The second kappa shape index (κ2) is 8.94. The number of halogens is 2. The second-order valence-electron chi connectivity index (χ2n) is 10.2. The van der Waals surface area contributed by atoms with Gasteiger partial charge in [-0.15, -0.1) is 6.42 Å². The first-order chi connectivity index (χ1) is 17.8. The zero-order chi connectivity index (χ0) is 25.6. The molecule has 11 heteroatoms. The molecule has 0 radical (unpaired) electrons. The number of H-pyrrole nitrogens is 1. The predicted molar refractivity (Wildman–Crippen MR) is 132 cm³/mol. The average Bonchev–Trinajstić information content (AvgIpc) is 3.43. The molecule has 1 saturated carbocycles. The second-order valence-corrected chi connectivity index (χ2v) is 10.2. The summed E-state index contributed by atoms with van der Waals surface area (Å²) in [6.45, 7) is 0.989. The largest absolute Gasteiger partial charge is 0.462 e. The summed E-state index contributed by atoms with van der Waals surface area (Å²) in [4.78, 5) is 29.5. The van der Waals surface area contributed by atoms with E-state index in [-0.39, 0.29) is 42.6 Å². The van der Waals surface area contributed by atoms with Crippen molar-refractivity contribution in [3.63, 3.8) is 0 Å². The Morgan fingerprint density at radius 2 is 2.03 bits per heavy atom. The highest BCUT2D eigenvalue weighted by atomic mass is 19.3. The van der Waals surface area contributed by atoms with E-state index < -0.39 is 18.4 Å². The lowest BCUT2D eigenvalue weighted by Crippen LogP contribution is -2.35. The first-order valence-corrected chi connectivity index (χ1v) is 12.6. The van der Waals surface area contributed by atoms with Gasteiger partial charge < -0.3 is 14.5 Å². The molecule has 1 N–H and O–H groups in total. The molecule has 3 aliphatic rings. The number of rotatable bonds is 6. The fourth-order valence-corrected chi connectivity index (χ4v) is 5.07. The summed E-state index contributed by atoms with van der Waals surface area (Å²) in [5.41, 5.74) is 1.51. The number of terminal acetylenes is 1. The Morgan fingerprint density at radius 1 is 1.22 bits per heavy atom. The third-order valence-corrected chi connectivity index (χ3v) is 7.58. The maximum atomic E-state index is 13.8. The summed E-state index contributed by atoms with van der Waals surface area (Å²) in [5, 5.41) is 8.53. The van der Waals surface area contributed by atoms with E-state index in [0.717, 1.165) is 47.3 Å². The zero-order valence-electron chi connectivity index (χ0n) is 20.3. The van der Waals surface area contributed by atoms with Crippen molar-refractivity contribution in [3.05, 3.63) is 35.8 Å². The van der Waals surface area contributed by atoms with Crippen LogP contribution >= 0.6 is 0 Å². The number of ether oxygens (including phenoxy) is 1. The van der Waals surface area contributed by atoms with Crippen LogP contribution in [0.1, 0.15) is 54.2 Å². The van der Waals surface area contributed by atoms with Gasteiger partial charge in [0.25, 0.3) is 11.8 Å². The van der Waals surface area contributed by atoms with E-state index in [1.807, 2.05) is 12.1 Å². The molecule has 5 heterocycles. The van der Waals surface area contributed by atoms with Gasteiger partial charge in [-0.1, -0.05) is 5.92 Å². The van der Waals surface area contributed by atoms with Crippen LogP contribution in [0, 0.1) is 17.8 Å². The van der Waals surface area contributed by atoms with E-state index in [9.17, 15) is 13.6 Å². The number of piperidine rings is 1. The van der Waals surface area contributed by atoms with Crippen LogP contribution in [0.3, 0.4) is 0 Å². The highest BCUT2D eigenvalue weighted by Gasteiger charge is 2.43. The Morgan fingerprint density at radius 3 is 2.73 bits per heavy atom. The lowest BCUT2D eigenvalue weighted by molar-refractivity contribution is 0.0119. The van der Waals surface area contributed by atoms with Gasteiger partial charge in [0.05, 0.1) is 17.7 Å². The van der Waals surface area contributed by atoms with Crippen molar-refractivity contribution in [2.45, 2.75) is 43.9 Å². The number of likely N-dealkylation sites (tertiary alicyclic amines) is 1. The number of carbonyl (C=O) groups excluding carboxylic acids is 1. The maximum absolute atomic E-state index is 13.8. The number of carbonyl (C=O) groups is 1. The van der Waals surface area contributed by atoms with Gasteiger partial charge in [-0.3, -0.25) is 9.89 Å². The number of nitrogens with one attached hydrogen (secondary N) is 1. The van der Waals surface area contributed by atoms with Gasteiger partial charge in [-0.2, -0.15) is 15.1 Å². The van der Waals surface area contributed by atoms with Crippen molar-refractivity contribution < 1.29 is 18.3 Å². The van der Waals surface area contributed by atoms with E-state index in [1.165, 1.54) is 0 Å². The number of aromatic nitrogens is 5. The molecule has 1 aliphatic carbocycles. The van der Waals surface area contributed by atoms with E-state index in [2.05, 4.69) is 36.0 Å². The maximum Gasteiger partial charge on any atom is 0.319 e. The van der Waals surface area contributed by atoms with E-state index in [4.69, 9.17) is 11.2 Å². The van der Waals surface area contributed by atoms with Crippen LogP contribution in [0.25, 0.3) is 11.0 Å². The summed E-state index contributed by atoms with van der Waals surface area (Å²) >= 11 is 0. The SMILES string of the molecule is C#CC1(COc2nc(C(=O)N3CCC(F)(F)C3)cc(N3CCC(c4n[nH]c5ncccc45)CC3)n2)CC1. The molecule has 37 heavy (non-hydrogen) atoms.